The maximum atomic E-state index is 10.8. The predicted octanol–water partition coefficient (Wildman–Crippen LogP) is 0.352. The lowest BCUT2D eigenvalue weighted by atomic mass is 10.1. The van der Waals surface area contributed by atoms with Crippen LogP contribution in [0, 0.1) is 0 Å². The van der Waals surface area contributed by atoms with Gasteiger partial charge in [0.1, 0.15) is 0 Å². The maximum Gasteiger partial charge on any atom is 0.294 e. The summed E-state index contributed by atoms with van der Waals surface area (Å²) in [7, 11) is -4.09. The second kappa shape index (κ2) is 10.3. The third-order valence-corrected chi connectivity index (χ3v) is 4.12. The van der Waals surface area contributed by atoms with Crippen molar-refractivity contribution in [2.24, 2.45) is 0 Å². The molecule has 0 aliphatic carbocycles. The summed E-state index contributed by atoms with van der Waals surface area (Å²) in [5, 5.41) is 27.2. The van der Waals surface area contributed by atoms with Crippen molar-refractivity contribution in [1.29, 1.82) is 0 Å². The largest absolute Gasteiger partial charge is 0.395 e. The normalized spacial score (nSPS) is 11.4. The SMILES string of the molecule is O=S(=O)(O)c1ccc2ccccc2c1.OCCN(CCO)CCO. The second-order valence-electron chi connectivity index (χ2n) is 5.00. The van der Waals surface area contributed by atoms with E-state index in [4.69, 9.17) is 19.9 Å². The Morgan fingerprint density at radius 2 is 1.29 bits per heavy atom. The van der Waals surface area contributed by atoms with Gasteiger partial charge in [-0.3, -0.25) is 9.45 Å². The molecule has 0 unspecified atom stereocenters. The van der Waals surface area contributed by atoms with Crippen LogP contribution in [-0.4, -0.2) is 72.6 Å². The van der Waals surface area contributed by atoms with Gasteiger partial charge in [0.15, 0.2) is 0 Å². The third-order valence-electron chi connectivity index (χ3n) is 3.27. The molecule has 0 saturated carbocycles. The Morgan fingerprint density at radius 1 is 0.792 bits per heavy atom. The summed E-state index contributed by atoms with van der Waals surface area (Å²) >= 11 is 0. The lowest BCUT2D eigenvalue weighted by Gasteiger charge is -2.17. The molecule has 0 aliphatic heterocycles. The van der Waals surface area contributed by atoms with Gasteiger partial charge in [0, 0.05) is 19.6 Å². The lowest BCUT2D eigenvalue weighted by molar-refractivity contribution is 0.136. The molecule has 0 fully saturated rings. The average Bonchev–Trinajstić information content (AvgIpc) is 2.55. The van der Waals surface area contributed by atoms with Crippen LogP contribution in [0.1, 0.15) is 0 Å². The summed E-state index contributed by atoms with van der Waals surface area (Å²) in [4.78, 5) is 1.72. The molecule has 4 N–H and O–H groups in total. The quantitative estimate of drug-likeness (QED) is 0.528. The first kappa shape index (κ1) is 20.5. The molecule has 0 amide bonds. The first-order chi connectivity index (χ1) is 11.4. The molecule has 0 aromatic heterocycles. The minimum Gasteiger partial charge on any atom is -0.395 e. The van der Waals surface area contributed by atoms with Crippen molar-refractivity contribution in [2.45, 2.75) is 4.90 Å². The number of nitrogens with zero attached hydrogens (tertiary/aromatic N) is 1. The highest BCUT2D eigenvalue weighted by Crippen LogP contribution is 2.18. The lowest BCUT2D eigenvalue weighted by Crippen LogP contribution is -2.32. The van der Waals surface area contributed by atoms with E-state index in [2.05, 4.69) is 0 Å². The van der Waals surface area contributed by atoms with Crippen LogP contribution >= 0.6 is 0 Å². The molecule has 24 heavy (non-hydrogen) atoms. The van der Waals surface area contributed by atoms with Crippen LogP contribution in [0.25, 0.3) is 10.8 Å². The average molecular weight is 357 g/mol. The fraction of sp³-hybridized carbons (Fsp3) is 0.375. The van der Waals surface area contributed by atoms with Crippen molar-refractivity contribution in [1.82, 2.24) is 4.90 Å². The molecule has 134 valence electrons. The second-order valence-corrected chi connectivity index (χ2v) is 6.42. The molecule has 8 heteroatoms. The Balaban J connectivity index is 0.000000257. The number of aliphatic hydroxyl groups is 3. The van der Waals surface area contributed by atoms with Crippen molar-refractivity contribution < 1.29 is 28.3 Å². The molecule has 0 heterocycles. The van der Waals surface area contributed by atoms with Gasteiger partial charge < -0.3 is 15.3 Å². The zero-order valence-electron chi connectivity index (χ0n) is 13.2. The van der Waals surface area contributed by atoms with E-state index >= 15 is 0 Å². The van der Waals surface area contributed by atoms with Crippen LogP contribution in [0.2, 0.25) is 0 Å². The van der Waals surface area contributed by atoms with Crippen LogP contribution in [0.5, 0.6) is 0 Å². The maximum absolute atomic E-state index is 10.8. The minimum absolute atomic E-state index is 0.0694. The molecular formula is C16H23NO6S. The van der Waals surface area contributed by atoms with Gasteiger partial charge in [-0.05, 0) is 22.9 Å². The topological polar surface area (TPSA) is 118 Å². The van der Waals surface area contributed by atoms with Crippen LogP contribution in [0.15, 0.2) is 47.4 Å². The molecule has 0 radical (unpaired) electrons. The summed E-state index contributed by atoms with van der Waals surface area (Å²) in [6, 6.07) is 11.9. The fourth-order valence-electron chi connectivity index (χ4n) is 2.09. The Morgan fingerprint density at radius 3 is 1.75 bits per heavy atom. The molecule has 2 rings (SSSR count). The zero-order chi connectivity index (χ0) is 18.0. The van der Waals surface area contributed by atoms with Crippen LogP contribution < -0.4 is 0 Å². The highest BCUT2D eigenvalue weighted by molar-refractivity contribution is 7.85. The number of rotatable bonds is 7. The summed E-state index contributed by atoms with van der Waals surface area (Å²) in [5.41, 5.74) is 0. The first-order valence-corrected chi connectivity index (χ1v) is 8.87. The van der Waals surface area contributed by atoms with E-state index in [1.807, 2.05) is 18.2 Å². The highest BCUT2D eigenvalue weighted by atomic mass is 32.2. The van der Waals surface area contributed by atoms with Crippen LogP contribution in [0.4, 0.5) is 0 Å². The molecule has 0 atom stereocenters. The minimum atomic E-state index is -4.09. The van der Waals surface area contributed by atoms with E-state index in [9.17, 15) is 8.42 Å². The molecule has 7 nitrogen and oxygen atoms in total. The van der Waals surface area contributed by atoms with E-state index in [1.54, 1.807) is 17.0 Å². The van der Waals surface area contributed by atoms with Gasteiger partial charge in [0.2, 0.25) is 0 Å². The summed E-state index contributed by atoms with van der Waals surface area (Å²) in [6.07, 6.45) is 0. The van der Waals surface area contributed by atoms with E-state index < -0.39 is 10.1 Å². The zero-order valence-corrected chi connectivity index (χ0v) is 14.1. The van der Waals surface area contributed by atoms with Gasteiger partial charge in [-0.15, -0.1) is 0 Å². The van der Waals surface area contributed by atoms with Crippen molar-refractivity contribution in [3.05, 3.63) is 42.5 Å². The van der Waals surface area contributed by atoms with Gasteiger partial charge in [-0.2, -0.15) is 8.42 Å². The standard InChI is InChI=1S/C10H8O3S.C6H15NO3/c11-14(12,13)10-6-5-8-3-1-2-4-9(8)7-10;8-4-1-7(2-5-9)3-6-10/h1-7H,(H,11,12,13);8-10H,1-6H2. The van der Waals surface area contributed by atoms with Crippen LogP contribution in [-0.2, 0) is 10.1 Å². The van der Waals surface area contributed by atoms with E-state index in [1.165, 1.54) is 12.1 Å². The Hall–Kier alpha value is -1.55. The summed E-state index contributed by atoms with van der Waals surface area (Å²) < 4.78 is 30.5. The first-order valence-electron chi connectivity index (χ1n) is 7.43. The van der Waals surface area contributed by atoms with Crippen molar-refractivity contribution in [3.63, 3.8) is 0 Å². The molecule has 0 bridgehead atoms. The third kappa shape index (κ3) is 6.91. The van der Waals surface area contributed by atoms with Gasteiger partial charge in [0.05, 0.1) is 24.7 Å². The Kier molecular flexibility index (Phi) is 8.83. The van der Waals surface area contributed by atoms with Crippen LogP contribution in [0.3, 0.4) is 0 Å². The molecule has 0 aliphatic rings. The predicted molar refractivity (Wildman–Crippen MR) is 91.5 cm³/mol. The Labute approximate surface area is 141 Å². The Bertz CT molecular complexity index is 705. The van der Waals surface area contributed by atoms with Gasteiger partial charge >= 0.3 is 0 Å². The number of hydrogen-bond donors (Lipinski definition) is 4. The van der Waals surface area contributed by atoms with E-state index in [-0.39, 0.29) is 24.7 Å². The summed E-state index contributed by atoms with van der Waals surface area (Å²) in [6.45, 7) is 1.75. The highest BCUT2D eigenvalue weighted by Gasteiger charge is 2.08. The smallest absolute Gasteiger partial charge is 0.294 e. The molecule has 0 saturated heterocycles. The van der Waals surface area contributed by atoms with Crippen molar-refractivity contribution in [2.75, 3.05) is 39.5 Å². The van der Waals surface area contributed by atoms with Gasteiger partial charge in [-0.1, -0.05) is 30.3 Å². The van der Waals surface area contributed by atoms with Gasteiger partial charge in [-0.25, -0.2) is 0 Å². The molecule has 2 aromatic carbocycles. The fourth-order valence-corrected chi connectivity index (χ4v) is 2.60. The van der Waals surface area contributed by atoms with Gasteiger partial charge in [0.25, 0.3) is 10.1 Å². The molecule has 2 aromatic rings. The number of hydrogen-bond acceptors (Lipinski definition) is 6. The van der Waals surface area contributed by atoms with Crippen molar-refractivity contribution in [3.8, 4) is 0 Å². The summed E-state index contributed by atoms with van der Waals surface area (Å²) in [5.74, 6) is 0. The van der Waals surface area contributed by atoms with E-state index in [0.717, 1.165) is 10.8 Å². The van der Waals surface area contributed by atoms with Crippen molar-refractivity contribution >= 4 is 20.9 Å². The molecular weight excluding hydrogens is 334 g/mol. The van der Waals surface area contributed by atoms with E-state index in [0.29, 0.717) is 19.6 Å². The number of benzene rings is 2. The number of fused-ring (bicyclic) bond motifs is 1. The number of aliphatic hydroxyl groups excluding tert-OH is 3. The molecule has 0 spiro atoms. The monoisotopic (exact) mass is 357 g/mol.